The summed E-state index contributed by atoms with van der Waals surface area (Å²) in [6.07, 6.45) is 3.27. The molecule has 0 spiro atoms. The van der Waals surface area contributed by atoms with E-state index in [4.69, 9.17) is 4.52 Å². The average Bonchev–Trinajstić information content (AvgIpc) is 3.34. The molecule has 0 N–H and O–H groups in total. The van der Waals surface area contributed by atoms with Crippen LogP contribution in [-0.4, -0.2) is 52.0 Å². The standard InChI is InChI=1S/C22H24N4O2S/c27-22(26-11-2-10-25(12-13-26)15-19-3-1-14-29-19)18-8-4-16(5-9-18)20-23-21(28-24-20)17-6-7-17/h1,3-5,8-9,14,17H,2,6-7,10-13,15H2. The average molecular weight is 409 g/mol. The Kier molecular flexibility index (Phi) is 5.16. The van der Waals surface area contributed by atoms with Crippen molar-refractivity contribution in [1.29, 1.82) is 0 Å². The van der Waals surface area contributed by atoms with E-state index in [-0.39, 0.29) is 5.91 Å². The zero-order valence-corrected chi connectivity index (χ0v) is 17.1. The Labute approximate surface area is 174 Å². The SMILES string of the molecule is O=C(c1ccc(-c2noc(C3CC3)n2)cc1)N1CCCN(Cc2cccs2)CC1. The van der Waals surface area contributed by atoms with Crippen molar-refractivity contribution in [2.24, 2.45) is 0 Å². The lowest BCUT2D eigenvalue weighted by molar-refractivity contribution is 0.0761. The summed E-state index contributed by atoms with van der Waals surface area (Å²) in [5, 5.41) is 6.20. The predicted molar refractivity (Wildman–Crippen MR) is 112 cm³/mol. The van der Waals surface area contributed by atoms with Crippen LogP contribution in [0.1, 0.15) is 46.3 Å². The molecule has 0 atom stereocenters. The molecular formula is C22H24N4O2S. The lowest BCUT2D eigenvalue weighted by Crippen LogP contribution is -2.35. The van der Waals surface area contributed by atoms with Gasteiger partial charge >= 0.3 is 0 Å². The Bertz CT molecular complexity index is 963. The van der Waals surface area contributed by atoms with Gasteiger partial charge in [-0.2, -0.15) is 4.98 Å². The minimum absolute atomic E-state index is 0.0984. The van der Waals surface area contributed by atoms with E-state index in [1.54, 1.807) is 11.3 Å². The van der Waals surface area contributed by atoms with Crippen molar-refractivity contribution in [1.82, 2.24) is 19.9 Å². The molecule has 1 aromatic carbocycles. The molecule has 1 aliphatic carbocycles. The highest BCUT2D eigenvalue weighted by atomic mass is 32.1. The van der Waals surface area contributed by atoms with E-state index >= 15 is 0 Å². The van der Waals surface area contributed by atoms with Crippen LogP contribution in [0.4, 0.5) is 0 Å². The molecule has 1 aliphatic heterocycles. The highest BCUT2D eigenvalue weighted by Gasteiger charge is 2.29. The van der Waals surface area contributed by atoms with Gasteiger partial charge in [0.1, 0.15) is 0 Å². The van der Waals surface area contributed by atoms with Crippen LogP contribution >= 0.6 is 11.3 Å². The van der Waals surface area contributed by atoms with Gasteiger partial charge in [-0.05, 0) is 42.8 Å². The van der Waals surface area contributed by atoms with Gasteiger partial charge in [0.25, 0.3) is 5.91 Å². The number of carbonyl (C=O) groups is 1. The fourth-order valence-corrected chi connectivity index (χ4v) is 4.49. The molecule has 2 aromatic heterocycles. The molecule has 3 heterocycles. The number of aromatic nitrogens is 2. The molecule has 7 heteroatoms. The van der Waals surface area contributed by atoms with Crippen molar-refractivity contribution in [3.63, 3.8) is 0 Å². The molecule has 2 aliphatic rings. The fraction of sp³-hybridized carbons (Fsp3) is 0.409. The van der Waals surface area contributed by atoms with Gasteiger partial charge in [0.2, 0.25) is 11.7 Å². The molecule has 150 valence electrons. The summed E-state index contributed by atoms with van der Waals surface area (Å²) in [4.78, 5) is 23.3. The van der Waals surface area contributed by atoms with E-state index in [2.05, 4.69) is 32.6 Å². The molecule has 1 saturated carbocycles. The highest BCUT2D eigenvalue weighted by Crippen LogP contribution is 2.39. The van der Waals surface area contributed by atoms with Crippen LogP contribution in [-0.2, 0) is 6.54 Å². The number of carbonyl (C=O) groups excluding carboxylic acids is 1. The molecule has 0 bridgehead atoms. The number of thiophene rings is 1. The van der Waals surface area contributed by atoms with E-state index in [0.717, 1.165) is 63.4 Å². The van der Waals surface area contributed by atoms with Gasteiger partial charge in [-0.3, -0.25) is 9.69 Å². The first-order valence-corrected chi connectivity index (χ1v) is 11.1. The maximum Gasteiger partial charge on any atom is 0.253 e. The van der Waals surface area contributed by atoms with Crippen LogP contribution in [0.2, 0.25) is 0 Å². The number of amides is 1. The Balaban J connectivity index is 1.21. The molecule has 1 saturated heterocycles. The monoisotopic (exact) mass is 408 g/mol. The van der Waals surface area contributed by atoms with Gasteiger partial charge in [0, 0.05) is 54.6 Å². The predicted octanol–water partition coefficient (Wildman–Crippen LogP) is 4.02. The van der Waals surface area contributed by atoms with Crippen molar-refractivity contribution in [3.05, 3.63) is 58.1 Å². The molecular weight excluding hydrogens is 384 g/mol. The third-order valence-corrected chi connectivity index (χ3v) is 6.45. The summed E-state index contributed by atoms with van der Waals surface area (Å²) in [6.45, 7) is 4.48. The molecule has 2 fully saturated rings. The van der Waals surface area contributed by atoms with Crippen LogP contribution in [0.15, 0.2) is 46.3 Å². The van der Waals surface area contributed by atoms with Crippen LogP contribution in [0, 0.1) is 0 Å². The maximum atomic E-state index is 13.0. The lowest BCUT2D eigenvalue weighted by Gasteiger charge is -2.22. The van der Waals surface area contributed by atoms with Gasteiger partial charge in [-0.1, -0.05) is 23.4 Å². The van der Waals surface area contributed by atoms with Gasteiger partial charge in [0.15, 0.2) is 0 Å². The summed E-state index contributed by atoms with van der Waals surface area (Å²) < 4.78 is 5.34. The van der Waals surface area contributed by atoms with Crippen LogP contribution in [0.3, 0.4) is 0 Å². The van der Waals surface area contributed by atoms with Crippen LogP contribution in [0.5, 0.6) is 0 Å². The third-order valence-electron chi connectivity index (χ3n) is 5.59. The van der Waals surface area contributed by atoms with Gasteiger partial charge in [0.05, 0.1) is 0 Å². The number of hydrogen-bond acceptors (Lipinski definition) is 6. The van der Waals surface area contributed by atoms with Crippen LogP contribution < -0.4 is 0 Å². The molecule has 3 aromatic rings. The minimum atomic E-state index is 0.0984. The van der Waals surface area contributed by atoms with Crippen molar-refractivity contribution in [2.45, 2.75) is 31.7 Å². The fourth-order valence-electron chi connectivity index (χ4n) is 3.75. The maximum absolute atomic E-state index is 13.0. The van der Waals surface area contributed by atoms with Crippen LogP contribution in [0.25, 0.3) is 11.4 Å². The van der Waals surface area contributed by atoms with Crippen molar-refractivity contribution in [3.8, 4) is 11.4 Å². The van der Waals surface area contributed by atoms with Crippen molar-refractivity contribution >= 4 is 17.2 Å². The zero-order valence-electron chi connectivity index (χ0n) is 16.3. The molecule has 1 amide bonds. The lowest BCUT2D eigenvalue weighted by atomic mass is 10.1. The van der Waals surface area contributed by atoms with Crippen molar-refractivity contribution in [2.75, 3.05) is 26.2 Å². The number of rotatable bonds is 5. The number of nitrogens with zero attached hydrogens (tertiary/aromatic N) is 4. The normalized spacial score (nSPS) is 18.0. The molecule has 0 radical (unpaired) electrons. The summed E-state index contributed by atoms with van der Waals surface area (Å²) in [5.74, 6) is 1.88. The van der Waals surface area contributed by atoms with E-state index < -0.39 is 0 Å². The Morgan fingerprint density at radius 3 is 2.72 bits per heavy atom. The Morgan fingerprint density at radius 2 is 1.97 bits per heavy atom. The number of hydrogen-bond donors (Lipinski definition) is 0. The van der Waals surface area contributed by atoms with Crippen molar-refractivity contribution < 1.29 is 9.32 Å². The third kappa shape index (κ3) is 4.26. The van der Waals surface area contributed by atoms with Gasteiger partial charge < -0.3 is 9.42 Å². The molecule has 29 heavy (non-hydrogen) atoms. The zero-order chi connectivity index (χ0) is 19.6. The topological polar surface area (TPSA) is 62.5 Å². The van der Waals surface area contributed by atoms with E-state index in [1.165, 1.54) is 4.88 Å². The summed E-state index contributed by atoms with van der Waals surface area (Å²) >= 11 is 1.79. The second-order valence-electron chi connectivity index (χ2n) is 7.81. The summed E-state index contributed by atoms with van der Waals surface area (Å²) in [5.41, 5.74) is 1.60. The van der Waals surface area contributed by atoms with E-state index in [0.29, 0.717) is 17.3 Å². The molecule has 6 nitrogen and oxygen atoms in total. The number of benzene rings is 1. The largest absolute Gasteiger partial charge is 0.339 e. The van der Waals surface area contributed by atoms with Gasteiger partial charge in [-0.15, -0.1) is 11.3 Å². The second-order valence-corrected chi connectivity index (χ2v) is 8.84. The Morgan fingerprint density at radius 1 is 1.10 bits per heavy atom. The summed E-state index contributed by atoms with van der Waals surface area (Å²) in [6, 6.07) is 11.8. The smallest absolute Gasteiger partial charge is 0.253 e. The first-order chi connectivity index (χ1) is 14.3. The highest BCUT2D eigenvalue weighted by molar-refractivity contribution is 7.09. The first-order valence-electron chi connectivity index (χ1n) is 10.2. The summed E-state index contributed by atoms with van der Waals surface area (Å²) in [7, 11) is 0. The Hall–Kier alpha value is -2.51. The van der Waals surface area contributed by atoms with Gasteiger partial charge in [-0.25, -0.2) is 0 Å². The quantitative estimate of drug-likeness (QED) is 0.638. The molecule has 0 unspecified atom stereocenters. The second kappa shape index (κ2) is 8.08. The van der Waals surface area contributed by atoms with E-state index in [9.17, 15) is 4.79 Å². The molecule has 5 rings (SSSR count). The first kappa shape index (κ1) is 18.5. The minimum Gasteiger partial charge on any atom is -0.339 e. The van der Waals surface area contributed by atoms with E-state index in [1.807, 2.05) is 29.2 Å².